The molecule has 1 fully saturated rings. The smallest absolute Gasteiger partial charge is 0.0834 e. The summed E-state index contributed by atoms with van der Waals surface area (Å²) in [6.07, 6.45) is 4.58. The van der Waals surface area contributed by atoms with Gasteiger partial charge in [0, 0.05) is 13.0 Å². The van der Waals surface area contributed by atoms with Gasteiger partial charge in [-0.1, -0.05) is 0 Å². The molecule has 1 aliphatic rings. The molecule has 1 heterocycles. The first kappa shape index (κ1) is 10.6. The van der Waals surface area contributed by atoms with E-state index in [0.717, 1.165) is 32.3 Å². The lowest BCUT2D eigenvalue weighted by molar-refractivity contribution is -0.0636. The molecule has 0 aromatic carbocycles. The van der Waals surface area contributed by atoms with Crippen LogP contribution in [0.2, 0.25) is 0 Å². The van der Waals surface area contributed by atoms with Crippen molar-refractivity contribution < 1.29 is 9.84 Å². The Hall–Kier alpha value is -0.520. The maximum absolute atomic E-state index is 9.71. The number of hydrogen-bond donors (Lipinski definition) is 1. The van der Waals surface area contributed by atoms with E-state index in [0.29, 0.717) is 0 Å². The van der Waals surface area contributed by atoms with Gasteiger partial charge in [0.25, 0.3) is 0 Å². The molecule has 2 nitrogen and oxygen atoms in total. The van der Waals surface area contributed by atoms with E-state index in [-0.39, 0.29) is 12.2 Å². The third-order valence-corrected chi connectivity index (χ3v) is 2.39. The minimum absolute atomic E-state index is 0.0624. The Morgan fingerprint density at radius 2 is 2.38 bits per heavy atom. The molecule has 0 aliphatic carbocycles. The van der Waals surface area contributed by atoms with Crippen molar-refractivity contribution >= 4 is 0 Å². The summed E-state index contributed by atoms with van der Waals surface area (Å²) in [5.74, 6) is 5.78. The lowest BCUT2D eigenvalue weighted by atomic mass is 10.0. The summed E-state index contributed by atoms with van der Waals surface area (Å²) >= 11 is 0. The first-order valence-electron chi connectivity index (χ1n) is 5.04. The van der Waals surface area contributed by atoms with Crippen LogP contribution in [-0.2, 0) is 4.74 Å². The molecule has 2 unspecified atom stereocenters. The number of hydrogen-bond acceptors (Lipinski definition) is 2. The number of aliphatic hydroxyl groups is 1. The standard InChI is InChI=1S/C11H18O2/c1-2-3-4-7-10(12)11-8-5-6-9-13-11/h10-12H,4-9H2,1H3. The Morgan fingerprint density at radius 1 is 1.54 bits per heavy atom. The molecule has 0 aromatic heterocycles. The van der Waals surface area contributed by atoms with Crippen molar-refractivity contribution in [3.8, 4) is 11.8 Å². The van der Waals surface area contributed by atoms with Crippen LogP contribution in [0.3, 0.4) is 0 Å². The monoisotopic (exact) mass is 182 g/mol. The maximum Gasteiger partial charge on any atom is 0.0834 e. The second-order valence-corrected chi connectivity index (χ2v) is 3.44. The van der Waals surface area contributed by atoms with E-state index in [9.17, 15) is 5.11 Å². The molecule has 0 amide bonds. The largest absolute Gasteiger partial charge is 0.390 e. The molecule has 1 aliphatic heterocycles. The average Bonchev–Trinajstić information content (AvgIpc) is 2.19. The Kier molecular flexibility index (Phi) is 4.88. The van der Waals surface area contributed by atoms with Gasteiger partial charge < -0.3 is 9.84 Å². The Labute approximate surface area is 80.3 Å². The Balaban J connectivity index is 2.19. The Bertz CT molecular complexity index is 184. The Morgan fingerprint density at radius 3 is 3.00 bits per heavy atom. The summed E-state index contributed by atoms with van der Waals surface area (Å²) in [6.45, 7) is 2.63. The minimum atomic E-state index is -0.318. The third-order valence-electron chi connectivity index (χ3n) is 2.39. The molecule has 2 atom stereocenters. The number of rotatable bonds is 3. The zero-order valence-electron chi connectivity index (χ0n) is 8.25. The minimum Gasteiger partial charge on any atom is -0.390 e. The van der Waals surface area contributed by atoms with E-state index in [4.69, 9.17) is 4.74 Å². The van der Waals surface area contributed by atoms with Crippen LogP contribution in [0, 0.1) is 11.8 Å². The lowest BCUT2D eigenvalue weighted by Crippen LogP contribution is -2.31. The van der Waals surface area contributed by atoms with Crippen LogP contribution >= 0.6 is 0 Å². The SMILES string of the molecule is CC#CCCC(O)C1CCCCO1. The van der Waals surface area contributed by atoms with Crippen molar-refractivity contribution in [2.24, 2.45) is 0 Å². The molecule has 1 saturated heterocycles. The number of aliphatic hydroxyl groups excluding tert-OH is 1. The van der Waals surface area contributed by atoms with Gasteiger partial charge in [-0.25, -0.2) is 0 Å². The van der Waals surface area contributed by atoms with Gasteiger partial charge in [-0.3, -0.25) is 0 Å². The van der Waals surface area contributed by atoms with Crippen molar-refractivity contribution in [1.29, 1.82) is 0 Å². The first-order chi connectivity index (χ1) is 6.34. The van der Waals surface area contributed by atoms with Crippen LogP contribution in [0.5, 0.6) is 0 Å². The summed E-state index contributed by atoms with van der Waals surface area (Å²) in [4.78, 5) is 0. The van der Waals surface area contributed by atoms with E-state index < -0.39 is 0 Å². The number of ether oxygens (including phenoxy) is 1. The summed E-state index contributed by atoms with van der Waals surface area (Å²) in [5.41, 5.74) is 0. The summed E-state index contributed by atoms with van der Waals surface area (Å²) in [7, 11) is 0. The predicted octanol–water partition coefficient (Wildman–Crippen LogP) is 1.72. The molecule has 0 saturated carbocycles. The summed E-state index contributed by atoms with van der Waals surface area (Å²) in [5, 5.41) is 9.71. The van der Waals surface area contributed by atoms with Gasteiger partial charge in [0.2, 0.25) is 0 Å². The van der Waals surface area contributed by atoms with Crippen LogP contribution < -0.4 is 0 Å². The van der Waals surface area contributed by atoms with Gasteiger partial charge in [0.15, 0.2) is 0 Å². The topological polar surface area (TPSA) is 29.5 Å². The zero-order valence-corrected chi connectivity index (χ0v) is 8.25. The molecule has 1 N–H and O–H groups in total. The quantitative estimate of drug-likeness (QED) is 0.673. The second-order valence-electron chi connectivity index (χ2n) is 3.44. The molecule has 13 heavy (non-hydrogen) atoms. The van der Waals surface area contributed by atoms with Crippen molar-refractivity contribution in [1.82, 2.24) is 0 Å². The molecule has 0 aromatic rings. The van der Waals surface area contributed by atoms with Gasteiger partial charge in [-0.2, -0.15) is 0 Å². The highest BCUT2D eigenvalue weighted by atomic mass is 16.5. The van der Waals surface area contributed by atoms with Crippen LogP contribution in [0.25, 0.3) is 0 Å². The fourth-order valence-corrected chi connectivity index (χ4v) is 1.60. The van der Waals surface area contributed by atoms with E-state index in [2.05, 4.69) is 11.8 Å². The zero-order chi connectivity index (χ0) is 9.52. The molecule has 0 bridgehead atoms. The highest BCUT2D eigenvalue weighted by Crippen LogP contribution is 2.18. The molecular weight excluding hydrogens is 164 g/mol. The molecule has 0 radical (unpaired) electrons. The molecular formula is C11H18O2. The third kappa shape index (κ3) is 3.80. The maximum atomic E-state index is 9.71. The van der Waals surface area contributed by atoms with Gasteiger partial charge in [0.05, 0.1) is 12.2 Å². The van der Waals surface area contributed by atoms with Crippen molar-refractivity contribution in [2.75, 3.05) is 6.61 Å². The van der Waals surface area contributed by atoms with E-state index in [1.54, 1.807) is 0 Å². The van der Waals surface area contributed by atoms with Crippen LogP contribution in [0.4, 0.5) is 0 Å². The van der Waals surface area contributed by atoms with Crippen molar-refractivity contribution in [3.05, 3.63) is 0 Å². The molecule has 0 spiro atoms. The van der Waals surface area contributed by atoms with Crippen LogP contribution in [0.1, 0.15) is 39.0 Å². The van der Waals surface area contributed by atoms with Gasteiger partial charge in [-0.15, -0.1) is 11.8 Å². The molecule has 74 valence electrons. The van der Waals surface area contributed by atoms with E-state index in [1.807, 2.05) is 6.92 Å². The highest BCUT2D eigenvalue weighted by molar-refractivity contribution is 4.95. The molecule has 2 heteroatoms. The normalized spacial score (nSPS) is 24.6. The van der Waals surface area contributed by atoms with Crippen molar-refractivity contribution in [3.63, 3.8) is 0 Å². The van der Waals surface area contributed by atoms with Gasteiger partial charge in [-0.05, 0) is 32.6 Å². The molecule has 1 rings (SSSR count). The highest BCUT2D eigenvalue weighted by Gasteiger charge is 2.21. The van der Waals surface area contributed by atoms with E-state index >= 15 is 0 Å². The van der Waals surface area contributed by atoms with Crippen LogP contribution in [-0.4, -0.2) is 23.9 Å². The van der Waals surface area contributed by atoms with Crippen LogP contribution in [0.15, 0.2) is 0 Å². The fraction of sp³-hybridized carbons (Fsp3) is 0.818. The van der Waals surface area contributed by atoms with E-state index in [1.165, 1.54) is 6.42 Å². The van der Waals surface area contributed by atoms with Crippen molar-refractivity contribution in [2.45, 2.75) is 51.2 Å². The van der Waals surface area contributed by atoms with Gasteiger partial charge in [0.1, 0.15) is 0 Å². The lowest BCUT2D eigenvalue weighted by Gasteiger charge is -2.26. The summed E-state index contributed by atoms with van der Waals surface area (Å²) in [6, 6.07) is 0. The first-order valence-corrected chi connectivity index (χ1v) is 5.04. The fourth-order valence-electron chi connectivity index (χ4n) is 1.60. The van der Waals surface area contributed by atoms with Gasteiger partial charge >= 0.3 is 0 Å². The average molecular weight is 182 g/mol. The summed E-state index contributed by atoms with van der Waals surface area (Å²) < 4.78 is 5.47. The predicted molar refractivity (Wildman–Crippen MR) is 52.3 cm³/mol. The second kappa shape index (κ2) is 6.01.